The molecule has 0 unspecified atom stereocenters. The first-order valence-corrected chi connectivity index (χ1v) is 11.5. The van der Waals surface area contributed by atoms with E-state index < -0.39 is 10.0 Å². The fourth-order valence-corrected chi connectivity index (χ4v) is 4.94. The highest BCUT2D eigenvalue weighted by Gasteiger charge is 2.25. The number of fused-ring (bicyclic) bond motifs is 1. The zero-order valence-electron chi connectivity index (χ0n) is 16.4. The van der Waals surface area contributed by atoms with Crippen LogP contribution in [0.5, 0.6) is 0 Å². The lowest BCUT2D eigenvalue weighted by atomic mass is 10.0. The molecule has 0 aromatic heterocycles. The average molecular weight is 441 g/mol. The van der Waals surface area contributed by atoms with Gasteiger partial charge in [-0.1, -0.05) is 35.9 Å². The number of hydrogen-bond donors (Lipinski definition) is 1. The summed E-state index contributed by atoms with van der Waals surface area (Å²) < 4.78 is 28.5. The van der Waals surface area contributed by atoms with Gasteiger partial charge in [0.25, 0.3) is 15.9 Å². The number of nitrogens with one attached hydrogen (secondary N) is 1. The molecular weight excluding hydrogens is 420 g/mol. The van der Waals surface area contributed by atoms with E-state index >= 15 is 0 Å². The van der Waals surface area contributed by atoms with Crippen LogP contribution in [0.3, 0.4) is 0 Å². The molecule has 7 heteroatoms. The van der Waals surface area contributed by atoms with E-state index in [9.17, 15) is 13.2 Å². The fourth-order valence-electron chi connectivity index (χ4n) is 3.60. The molecular formula is C23H21ClN2O3S. The summed E-state index contributed by atoms with van der Waals surface area (Å²) in [4.78, 5) is 14.8. The number of carbonyl (C=O) groups excluding carboxylic acids is 1. The fraction of sp³-hybridized carbons (Fsp3) is 0.174. The van der Waals surface area contributed by atoms with Gasteiger partial charge in [0.05, 0.1) is 10.6 Å². The van der Waals surface area contributed by atoms with Gasteiger partial charge in [-0.15, -0.1) is 0 Å². The van der Waals surface area contributed by atoms with E-state index in [1.165, 1.54) is 6.07 Å². The maximum Gasteiger partial charge on any atom is 0.261 e. The van der Waals surface area contributed by atoms with Crippen LogP contribution in [-0.4, -0.2) is 20.9 Å². The number of nitrogens with zero attached hydrogens (tertiary/aromatic N) is 1. The number of carbonyl (C=O) groups is 1. The molecule has 4 rings (SSSR count). The second kappa shape index (κ2) is 8.13. The molecule has 0 fully saturated rings. The van der Waals surface area contributed by atoms with Gasteiger partial charge in [0.15, 0.2) is 0 Å². The number of amides is 1. The summed E-state index contributed by atoms with van der Waals surface area (Å²) in [6.45, 7) is 2.42. The van der Waals surface area contributed by atoms with Crippen molar-refractivity contribution < 1.29 is 13.2 Å². The Hall–Kier alpha value is -2.83. The van der Waals surface area contributed by atoms with Crippen molar-refractivity contribution in [3.63, 3.8) is 0 Å². The molecule has 5 nitrogen and oxygen atoms in total. The van der Waals surface area contributed by atoms with E-state index in [1.54, 1.807) is 47.4 Å². The second-order valence-corrected chi connectivity index (χ2v) is 9.40. The van der Waals surface area contributed by atoms with Gasteiger partial charge in [0.2, 0.25) is 0 Å². The van der Waals surface area contributed by atoms with Gasteiger partial charge < -0.3 is 4.90 Å². The molecule has 3 aromatic carbocycles. The Morgan fingerprint density at radius 3 is 2.57 bits per heavy atom. The van der Waals surface area contributed by atoms with Crippen LogP contribution in [-0.2, 0) is 16.4 Å². The number of aryl methyl sites for hydroxylation is 2. The van der Waals surface area contributed by atoms with Crippen molar-refractivity contribution in [3.8, 4) is 0 Å². The average Bonchev–Trinajstić information content (AvgIpc) is 2.75. The molecule has 0 radical (unpaired) electrons. The molecule has 1 heterocycles. The SMILES string of the molecule is Cc1ccc(Cl)cc1NS(=O)(=O)c1ccc2c(c1)CCCN2C(=O)c1ccccc1. The predicted octanol–water partition coefficient (Wildman–Crippen LogP) is 5.04. The van der Waals surface area contributed by atoms with Crippen LogP contribution in [0, 0.1) is 6.92 Å². The Kier molecular flexibility index (Phi) is 5.54. The van der Waals surface area contributed by atoms with Crippen LogP contribution < -0.4 is 9.62 Å². The maximum atomic E-state index is 13.0. The van der Waals surface area contributed by atoms with E-state index in [4.69, 9.17) is 11.6 Å². The van der Waals surface area contributed by atoms with Crippen LogP contribution in [0.25, 0.3) is 0 Å². The quantitative estimate of drug-likeness (QED) is 0.617. The largest absolute Gasteiger partial charge is 0.308 e. The summed E-state index contributed by atoms with van der Waals surface area (Å²) in [6.07, 6.45) is 1.49. The second-order valence-electron chi connectivity index (χ2n) is 7.28. The molecule has 0 saturated carbocycles. The van der Waals surface area contributed by atoms with Crippen molar-refractivity contribution in [1.29, 1.82) is 0 Å². The van der Waals surface area contributed by atoms with Gasteiger partial charge in [-0.05, 0) is 73.4 Å². The maximum absolute atomic E-state index is 13.0. The molecule has 0 spiro atoms. The van der Waals surface area contributed by atoms with Crippen LogP contribution in [0.15, 0.2) is 71.6 Å². The zero-order chi connectivity index (χ0) is 21.3. The molecule has 30 heavy (non-hydrogen) atoms. The van der Waals surface area contributed by atoms with Crippen molar-refractivity contribution in [2.24, 2.45) is 0 Å². The van der Waals surface area contributed by atoms with Gasteiger partial charge in [-0.3, -0.25) is 9.52 Å². The summed E-state index contributed by atoms with van der Waals surface area (Å²) in [5.74, 6) is -0.0835. The van der Waals surface area contributed by atoms with E-state index in [-0.39, 0.29) is 10.8 Å². The molecule has 0 aliphatic carbocycles. The molecule has 1 aliphatic heterocycles. The highest BCUT2D eigenvalue weighted by atomic mass is 35.5. The molecule has 0 atom stereocenters. The molecule has 1 N–H and O–H groups in total. The van der Waals surface area contributed by atoms with E-state index in [1.807, 2.05) is 25.1 Å². The lowest BCUT2D eigenvalue weighted by Crippen LogP contribution is -2.35. The third kappa shape index (κ3) is 4.06. The van der Waals surface area contributed by atoms with Crippen molar-refractivity contribution in [1.82, 2.24) is 0 Å². The number of sulfonamides is 1. The number of halogens is 1. The first kappa shape index (κ1) is 20.4. The lowest BCUT2D eigenvalue weighted by Gasteiger charge is -2.30. The predicted molar refractivity (Wildman–Crippen MR) is 120 cm³/mol. The first-order chi connectivity index (χ1) is 14.3. The zero-order valence-corrected chi connectivity index (χ0v) is 18.0. The molecule has 0 saturated heterocycles. The van der Waals surface area contributed by atoms with Crippen LogP contribution in [0.1, 0.15) is 27.9 Å². The van der Waals surface area contributed by atoms with Gasteiger partial charge >= 0.3 is 0 Å². The van der Waals surface area contributed by atoms with Crippen LogP contribution in [0.2, 0.25) is 5.02 Å². The minimum absolute atomic E-state index is 0.0835. The Balaban J connectivity index is 1.65. The Labute approximate surface area is 181 Å². The third-order valence-corrected chi connectivity index (χ3v) is 6.79. The van der Waals surface area contributed by atoms with Crippen molar-refractivity contribution in [2.45, 2.75) is 24.7 Å². The van der Waals surface area contributed by atoms with Crippen molar-refractivity contribution in [3.05, 3.63) is 88.4 Å². The number of benzene rings is 3. The lowest BCUT2D eigenvalue weighted by molar-refractivity contribution is 0.0985. The Morgan fingerprint density at radius 1 is 1.03 bits per heavy atom. The molecule has 154 valence electrons. The Bertz CT molecular complexity index is 1210. The summed E-state index contributed by atoms with van der Waals surface area (Å²) in [5, 5.41) is 0.457. The molecule has 1 amide bonds. The summed E-state index contributed by atoms with van der Waals surface area (Å²) >= 11 is 6.01. The van der Waals surface area contributed by atoms with Gasteiger partial charge in [0, 0.05) is 22.8 Å². The number of rotatable bonds is 4. The summed E-state index contributed by atoms with van der Waals surface area (Å²) in [5.41, 5.74) is 3.44. The highest BCUT2D eigenvalue weighted by Crippen LogP contribution is 2.31. The van der Waals surface area contributed by atoms with Crippen molar-refractivity contribution in [2.75, 3.05) is 16.2 Å². The minimum atomic E-state index is -3.79. The molecule has 3 aromatic rings. The smallest absolute Gasteiger partial charge is 0.261 e. The molecule has 0 bridgehead atoms. The van der Waals surface area contributed by atoms with Crippen molar-refractivity contribution >= 4 is 38.9 Å². The van der Waals surface area contributed by atoms with E-state index in [0.717, 1.165) is 23.2 Å². The first-order valence-electron chi connectivity index (χ1n) is 9.64. The van der Waals surface area contributed by atoms with Gasteiger partial charge in [-0.2, -0.15) is 0 Å². The standard InChI is InChI=1S/C23H21ClN2O3S/c1-16-9-10-19(24)15-21(16)25-30(28,29)20-11-12-22-18(14-20)8-5-13-26(22)23(27)17-6-3-2-4-7-17/h2-4,6-7,9-12,14-15,25H,5,8,13H2,1H3. The van der Waals surface area contributed by atoms with E-state index in [0.29, 0.717) is 29.2 Å². The Morgan fingerprint density at radius 2 is 1.80 bits per heavy atom. The third-order valence-electron chi connectivity index (χ3n) is 5.19. The minimum Gasteiger partial charge on any atom is -0.308 e. The number of anilines is 2. The van der Waals surface area contributed by atoms with Crippen LogP contribution >= 0.6 is 11.6 Å². The van der Waals surface area contributed by atoms with Crippen LogP contribution in [0.4, 0.5) is 11.4 Å². The summed E-state index contributed by atoms with van der Waals surface area (Å²) in [7, 11) is -3.79. The summed E-state index contributed by atoms with van der Waals surface area (Å²) in [6, 6.07) is 19.1. The number of hydrogen-bond acceptors (Lipinski definition) is 3. The molecule has 1 aliphatic rings. The van der Waals surface area contributed by atoms with Gasteiger partial charge in [0.1, 0.15) is 0 Å². The monoisotopic (exact) mass is 440 g/mol. The van der Waals surface area contributed by atoms with E-state index in [2.05, 4.69) is 4.72 Å². The normalized spacial score (nSPS) is 13.6. The topological polar surface area (TPSA) is 66.5 Å². The van der Waals surface area contributed by atoms with Gasteiger partial charge in [-0.25, -0.2) is 8.42 Å². The highest BCUT2D eigenvalue weighted by molar-refractivity contribution is 7.92.